The summed E-state index contributed by atoms with van der Waals surface area (Å²) in [6.45, 7) is 6.55. The van der Waals surface area contributed by atoms with Crippen molar-refractivity contribution in [1.29, 1.82) is 0 Å². The van der Waals surface area contributed by atoms with Gasteiger partial charge in [0.1, 0.15) is 0 Å². The Morgan fingerprint density at radius 1 is 1.10 bits per heavy atom. The summed E-state index contributed by atoms with van der Waals surface area (Å²) < 4.78 is 1.88. The zero-order chi connectivity index (χ0) is 14.5. The van der Waals surface area contributed by atoms with E-state index in [1.165, 1.54) is 11.1 Å². The SMILES string of the molecule is CCc1ccc(C(CC)Nc2cn(C)nc2CC)cc1. The first-order valence-electron chi connectivity index (χ1n) is 7.55. The normalized spacial score (nSPS) is 12.4. The maximum Gasteiger partial charge on any atom is 0.0853 e. The average molecular weight is 271 g/mol. The molecule has 3 nitrogen and oxygen atoms in total. The first-order chi connectivity index (χ1) is 9.67. The molecule has 0 radical (unpaired) electrons. The fourth-order valence-corrected chi connectivity index (χ4v) is 2.51. The van der Waals surface area contributed by atoms with Crippen LogP contribution in [0.4, 0.5) is 5.69 Å². The van der Waals surface area contributed by atoms with Crippen molar-refractivity contribution in [1.82, 2.24) is 9.78 Å². The maximum absolute atomic E-state index is 4.49. The van der Waals surface area contributed by atoms with E-state index in [2.05, 4.69) is 61.6 Å². The second kappa shape index (κ2) is 6.60. The highest BCUT2D eigenvalue weighted by Gasteiger charge is 2.13. The van der Waals surface area contributed by atoms with Crippen molar-refractivity contribution >= 4 is 5.69 Å². The van der Waals surface area contributed by atoms with Gasteiger partial charge in [-0.25, -0.2) is 0 Å². The number of rotatable bonds is 6. The van der Waals surface area contributed by atoms with Gasteiger partial charge in [0.15, 0.2) is 0 Å². The van der Waals surface area contributed by atoms with Gasteiger partial charge in [-0.15, -0.1) is 0 Å². The van der Waals surface area contributed by atoms with Crippen LogP contribution in [0.5, 0.6) is 0 Å². The van der Waals surface area contributed by atoms with Crippen molar-refractivity contribution < 1.29 is 0 Å². The molecular formula is C17H25N3. The predicted molar refractivity (Wildman–Crippen MR) is 85.1 cm³/mol. The summed E-state index contributed by atoms with van der Waals surface area (Å²) in [5.41, 5.74) is 5.02. The minimum atomic E-state index is 0.343. The lowest BCUT2D eigenvalue weighted by Crippen LogP contribution is -2.10. The minimum Gasteiger partial charge on any atom is -0.375 e. The molecule has 0 amide bonds. The quantitative estimate of drug-likeness (QED) is 0.857. The van der Waals surface area contributed by atoms with E-state index in [1.54, 1.807) is 0 Å². The monoisotopic (exact) mass is 271 g/mol. The lowest BCUT2D eigenvalue weighted by Gasteiger charge is -2.18. The van der Waals surface area contributed by atoms with Crippen LogP contribution in [-0.2, 0) is 19.9 Å². The largest absolute Gasteiger partial charge is 0.375 e. The number of aryl methyl sites for hydroxylation is 3. The average Bonchev–Trinajstić information content (AvgIpc) is 2.84. The van der Waals surface area contributed by atoms with Crippen LogP contribution in [0.25, 0.3) is 0 Å². The van der Waals surface area contributed by atoms with E-state index in [9.17, 15) is 0 Å². The molecule has 1 heterocycles. The number of nitrogens with zero attached hydrogens (tertiary/aromatic N) is 2. The molecule has 20 heavy (non-hydrogen) atoms. The summed E-state index contributed by atoms with van der Waals surface area (Å²) in [6, 6.07) is 9.27. The number of hydrogen-bond acceptors (Lipinski definition) is 2. The molecule has 1 N–H and O–H groups in total. The van der Waals surface area contributed by atoms with Crippen molar-refractivity contribution in [3.63, 3.8) is 0 Å². The van der Waals surface area contributed by atoms with Gasteiger partial charge < -0.3 is 5.32 Å². The highest BCUT2D eigenvalue weighted by Crippen LogP contribution is 2.25. The second-order valence-electron chi connectivity index (χ2n) is 5.22. The van der Waals surface area contributed by atoms with Gasteiger partial charge in [-0.05, 0) is 30.4 Å². The first-order valence-corrected chi connectivity index (χ1v) is 7.55. The van der Waals surface area contributed by atoms with Crippen LogP contribution in [-0.4, -0.2) is 9.78 Å². The molecule has 0 aliphatic carbocycles. The van der Waals surface area contributed by atoms with Gasteiger partial charge in [0, 0.05) is 13.2 Å². The van der Waals surface area contributed by atoms with Crippen LogP contribution < -0.4 is 5.32 Å². The van der Waals surface area contributed by atoms with Gasteiger partial charge in [0.2, 0.25) is 0 Å². The molecule has 3 heteroatoms. The number of anilines is 1. The summed E-state index contributed by atoms with van der Waals surface area (Å²) in [4.78, 5) is 0. The van der Waals surface area contributed by atoms with Crippen LogP contribution >= 0.6 is 0 Å². The minimum absolute atomic E-state index is 0.343. The summed E-state index contributed by atoms with van der Waals surface area (Å²) >= 11 is 0. The Balaban J connectivity index is 2.19. The number of nitrogens with one attached hydrogen (secondary N) is 1. The van der Waals surface area contributed by atoms with E-state index >= 15 is 0 Å². The molecule has 0 saturated carbocycles. The van der Waals surface area contributed by atoms with Crippen molar-refractivity contribution in [2.75, 3.05) is 5.32 Å². The third kappa shape index (κ3) is 3.21. The number of hydrogen-bond donors (Lipinski definition) is 1. The van der Waals surface area contributed by atoms with Crippen LogP contribution in [0.2, 0.25) is 0 Å². The Bertz CT molecular complexity index is 540. The zero-order valence-electron chi connectivity index (χ0n) is 13.0. The Morgan fingerprint density at radius 2 is 1.80 bits per heavy atom. The molecule has 0 saturated heterocycles. The van der Waals surface area contributed by atoms with Crippen molar-refractivity contribution in [3.8, 4) is 0 Å². The molecule has 0 bridgehead atoms. The van der Waals surface area contributed by atoms with Crippen molar-refractivity contribution in [2.24, 2.45) is 7.05 Å². The highest BCUT2D eigenvalue weighted by atomic mass is 15.3. The molecule has 108 valence electrons. The molecule has 2 aromatic rings. The summed E-state index contributed by atoms with van der Waals surface area (Å²) in [5, 5.41) is 8.13. The topological polar surface area (TPSA) is 29.9 Å². The van der Waals surface area contributed by atoms with Crippen LogP contribution in [0.15, 0.2) is 30.5 Å². The lowest BCUT2D eigenvalue weighted by atomic mass is 10.0. The smallest absolute Gasteiger partial charge is 0.0853 e. The molecule has 1 unspecified atom stereocenters. The molecular weight excluding hydrogens is 246 g/mol. The van der Waals surface area contributed by atoms with E-state index in [0.717, 1.165) is 30.6 Å². The van der Waals surface area contributed by atoms with Gasteiger partial charge in [0.25, 0.3) is 0 Å². The van der Waals surface area contributed by atoms with Gasteiger partial charge in [-0.2, -0.15) is 5.10 Å². The fourth-order valence-electron chi connectivity index (χ4n) is 2.51. The van der Waals surface area contributed by atoms with Crippen molar-refractivity contribution in [2.45, 2.75) is 46.1 Å². The van der Waals surface area contributed by atoms with Crippen LogP contribution in [0, 0.1) is 0 Å². The van der Waals surface area contributed by atoms with Gasteiger partial charge in [-0.1, -0.05) is 45.0 Å². The van der Waals surface area contributed by atoms with E-state index in [0.29, 0.717) is 6.04 Å². The summed E-state index contributed by atoms with van der Waals surface area (Å²) in [7, 11) is 1.97. The third-order valence-corrected chi connectivity index (χ3v) is 3.77. The fraction of sp³-hybridized carbons (Fsp3) is 0.471. The Hall–Kier alpha value is -1.77. The van der Waals surface area contributed by atoms with Crippen LogP contribution in [0.3, 0.4) is 0 Å². The molecule has 2 rings (SSSR count). The van der Waals surface area contributed by atoms with E-state index in [-0.39, 0.29) is 0 Å². The summed E-state index contributed by atoms with van der Waals surface area (Å²) in [5.74, 6) is 0. The Morgan fingerprint density at radius 3 is 2.35 bits per heavy atom. The number of aromatic nitrogens is 2. The lowest BCUT2D eigenvalue weighted by molar-refractivity contribution is 0.746. The molecule has 1 aromatic carbocycles. The Kier molecular flexibility index (Phi) is 4.83. The molecule has 0 fully saturated rings. The molecule has 1 atom stereocenters. The molecule has 1 aromatic heterocycles. The third-order valence-electron chi connectivity index (χ3n) is 3.77. The highest BCUT2D eigenvalue weighted by molar-refractivity contribution is 5.48. The summed E-state index contributed by atoms with van der Waals surface area (Å²) in [6.07, 6.45) is 5.17. The first kappa shape index (κ1) is 14.6. The van der Waals surface area contributed by atoms with Gasteiger partial charge in [0.05, 0.1) is 17.4 Å². The van der Waals surface area contributed by atoms with Gasteiger partial charge >= 0.3 is 0 Å². The van der Waals surface area contributed by atoms with Crippen molar-refractivity contribution in [3.05, 3.63) is 47.3 Å². The van der Waals surface area contributed by atoms with E-state index in [4.69, 9.17) is 0 Å². The predicted octanol–water partition coefficient (Wildman–Crippen LogP) is 4.11. The van der Waals surface area contributed by atoms with Gasteiger partial charge in [-0.3, -0.25) is 4.68 Å². The molecule has 0 aliphatic rings. The molecule has 0 spiro atoms. The zero-order valence-corrected chi connectivity index (χ0v) is 13.0. The maximum atomic E-state index is 4.49. The van der Waals surface area contributed by atoms with Crippen LogP contribution in [0.1, 0.15) is 50.1 Å². The number of benzene rings is 1. The second-order valence-corrected chi connectivity index (χ2v) is 5.22. The molecule has 0 aliphatic heterocycles. The Labute approximate surface area is 122 Å². The van der Waals surface area contributed by atoms with E-state index in [1.807, 2.05) is 11.7 Å². The standard InChI is InChI=1S/C17H25N3/c1-5-13-8-10-14(11-9-13)15(6-2)18-17-12-20(4)19-16(17)7-3/h8-12,15,18H,5-7H2,1-4H3. The van der Waals surface area contributed by atoms with E-state index < -0.39 is 0 Å².